The average molecular weight is 694 g/mol. The minimum absolute atomic E-state index is 0.00764. The predicted octanol–water partition coefficient (Wildman–Crippen LogP) is 7.41. The average Bonchev–Trinajstić information content (AvgIpc) is 3.00. The van der Waals surface area contributed by atoms with E-state index < -0.39 is 35.6 Å². The van der Waals surface area contributed by atoms with Crippen LogP contribution < -0.4 is 24.6 Å². The molecule has 4 amide bonds. The summed E-state index contributed by atoms with van der Waals surface area (Å²) in [4.78, 5) is 54.3. The fraction of sp³-hybridized carbons (Fsp3) is 0.579. The topological polar surface area (TPSA) is 132 Å². The molecule has 5 rings (SSSR count). The summed E-state index contributed by atoms with van der Waals surface area (Å²) in [6.45, 7) is 14.9. The number of fused-ring (bicyclic) bond motifs is 2. The molecule has 1 fully saturated rings. The normalized spacial score (nSPS) is 23.7. The van der Waals surface area contributed by atoms with E-state index in [9.17, 15) is 19.2 Å². The Hall–Kier alpha value is -4.32. The first kappa shape index (κ1) is 36.9. The van der Waals surface area contributed by atoms with Gasteiger partial charge < -0.3 is 34.5 Å². The molecule has 2 aliphatic heterocycles. The smallest absolute Gasteiger partial charge is 0.479 e. The van der Waals surface area contributed by atoms with Gasteiger partial charge in [0, 0.05) is 25.1 Å². The molecule has 0 radical (unpaired) electrons. The number of rotatable bonds is 6. The van der Waals surface area contributed by atoms with Crippen molar-refractivity contribution in [2.45, 2.75) is 111 Å². The van der Waals surface area contributed by atoms with Gasteiger partial charge in [-0.15, -0.1) is 0 Å². The van der Waals surface area contributed by atoms with Crippen molar-refractivity contribution in [1.82, 2.24) is 9.38 Å². The first-order valence-corrected chi connectivity index (χ1v) is 17.5. The standard InChI is InChI=1S/C38H52N4O8/c1-22-33(43)39-28-19-26(14-16-30(28)47-22)32(41(9)35(45)49-37(3,4)5)25-13-11-12-24(18-25)21-42(10,36(46)50-38(6,7)8)27-15-17-31-29(20-27)40-34(44)23(2)48-31/h14-17,19-20,22-25,32H,11-13,18,21H2,1-10H3,(H-,39,40,43,44)/p+1. The quantitative estimate of drug-likeness (QED) is 0.299. The van der Waals surface area contributed by atoms with Crippen LogP contribution in [0.25, 0.3) is 0 Å². The third-order valence-electron chi connectivity index (χ3n) is 9.53. The van der Waals surface area contributed by atoms with E-state index in [2.05, 4.69) is 10.6 Å². The van der Waals surface area contributed by atoms with Crippen molar-refractivity contribution in [3.8, 4) is 11.5 Å². The number of nitrogens with one attached hydrogen (secondary N) is 2. The Morgan fingerprint density at radius 3 is 2.02 bits per heavy atom. The van der Waals surface area contributed by atoms with Crippen LogP contribution in [0.3, 0.4) is 0 Å². The molecule has 3 aliphatic rings. The minimum Gasteiger partial charge on any atom is -0.479 e. The van der Waals surface area contributed by atoms with Gasteiger partial charge in [-0.2, -0.15) is 9.28 Å². The van der Waals surface area contributed by atoms with Gasteiger partial charge in [0.1, 0.15) is 28.4 Å². The zero-order valence-electron chi connectivity index (χ0n) is 31.0. The van der Waals surface area contributed by atoms with Crippen molar-refractivity contribution in [2.24, 2.45) is 11.8 Å². The molecule has 0 bridgehead atoms. The van der Waals surface area contributed by atoms with Gasteiger partial charge >= 0.3 is 12.2 Å². The molecule has 0 spiro atoms. The molecule has 1 aliphatic carbocycles. The van der Waals surface area contributed by atoms with Gasteiger partial charge in [-0.05, 0) is 104 Å². The van der Waals surface area contributed by atoms with Gasteiger partial charge in [0.15, 0.2) is 12.2 Å². The fourth-order valence-electron chi connectivity index (χ4n) is 7.12. The van der Waals surface area contributed by atoms with E-state index in [1.165, 1.54) is 0 Å². The fourth-order valence-corrected chi connectivity index (χ4v) is 7.12. The molecule has 2 aromatic rings. The van der Waals surface area contributed by atoms with Crippen LogP contribution in [-0.4, -0.2) is 73.0 Å². The predicted molar refractivity (Wildman–Crippen MR) is 191 cm³/mol. The van der Waals surface area contributed by atoms with Gasteiger partial charge in [-0.3, -0.25) is 9.59 Å². The van der Waals surface area contributed by atoms with Crippen LogP contribution in [-0.2, 0) is 19.1 Å². The highest BCUT2D eigenvalue weighted by Crippen LogP contribution is 2.45. The molecule has 50 heavy (non-hydrogen) atoms. The molecule has 6 atom stereocenters. The molecule has 1 saturated carbocycles. The van der Waals surface area contributed by atoms with Crippen LogP contribution in [0.2, 0.25) is 0 Å². The molecular weight excluding hydrogens is 640 g/mol. The van der Waals surface area contributed by atoms with Crippen LogP contribution in [0, 0.1) is 11.8 Å². The van der Waals surface area contributed by atoms with Crippen molar-refractivity contribution in [1.29, 1.82) is 0 Å². The monoisotopic (exact) mass is 693 g/mol. The summed E-state index contributed by atoms with van der Waals surface area (Å²) >= 11 is 0. The Kier molecular flexibility index (Phi) is 10.2. The van der Waals surface area contributed by atoms with Gasteiger partial charge in [-0.1, -0.05) is 12.5 Å². The molecule has 0 aromatic heterocycles. The maximum absolute atomic E-state index is 14.1. The Morgan fingerprint density at radius 2 is 1.44 bits per heavy atom. The van der Waals surface area contributed by atoms with E-state index in [1.54, 1.807) is 37.9 Å². The van der Waals surface area contributed by atoms with Crippen molar-refractivity contribution in [2.75, 3.05) is 31.3 Å². The number of anilines is 2. The minimum atomic E-state index is -0.725. The second-order valence-electron chi connectivity index (χ2n) is 16.1. The molecule has 12 heteroatoms. The van der Waals surface area contributed by atoms with Crippen LogP contribution >= 0.6 is 0 Å². The van der Waals surface area contributed by atoms with E-state index in [0.717, 1.165) is 24.8 Å². The van der Waals surface area contributed by atoms with Crippen LogP contribution in [0.4, 0.5) is 26.7 Å². The Balaban J connectivity index is 1.48. The Bertz CT molecular complexity index is 1650. The second-order valence-corrected chi connectivity index (χ2v) is 16.1. The van der Waals surface area contributed by atoms with E-state index >= 15 is 0 Å². The van der Waals surface area contributed by atoms with Gasteiger partial charge in [0.25, 0.3) is 11.8 Å². The highest BCUT2D eigenvalue weighted by molar-refractivity contribution is 5.99. The van der Waals surface area contributed by atoms with Gasteiger partial charge in [0.05, 0.1) is 31.0 Å². The largest absolute Gasteiger partial charge is 0.521 e. The highest BCUT2D eigenvalue weighted by atomic mass is 16.6. The van der Waals surface area contributed by atoms with Crippen molar-refractivity contribution >= 4 is 41.1 Å². The number of nitrogens with zero attached hydrogens (tertiary/aromatic N) is 2. The van der Waals surface area contributed by atoms with E-state index in [4.69, 9.17) is 18.9 Å². The van der Waals surface area contributed by atoms with Crippen molar-refractivity contribution in [3.63, 3.8) is 0 Å². The number of quaternary nitrogens is 1. The third-order valence-corrected chi connectivity index (χ3v) is 9.53. The number of carbonyl (C=O) groups excluding carboxylic acids is 4. The Morgan fingerprint density at radius 1 is 0.880 bits per heavy atom. The van der Waals surface area contributed by atoms with Crippen LogP contribution in [0.5, 0.6) is 11.5 Å². The highest BCUT2D eigenvalue weighted by Gasteiger charge is 2.45. The summed E-state index contributed by atoms with van der Waals surface area (Å²) in [5.41, 5.74) is 1.18. The lowest BCUT2D eigenvalue weighted by molar-refractivity contribution is -0.123. The summed E-state index contributed by atoms with van der Waals surface area (Å²) in [6.07, 6.45) is 1.26. The van der Waals surface area contributed by atoms with Gasteiger partial charge in [0.2, 0.25) is 0 Å². The zero-order valence-corrected chi connectivity index (χ0v) is 31.0. The third kappa shape index (κ3) is 8.17. The van der Waals surface area contributed by atoms with Crippen LogP contribution in [0.15, 0.2) is 36.4 Å². The van der Waals surface area contributed by atoms with Crippen molar-refractivity contribution < 1.29 is 38.1 Å². The lowest BCUT2D eigenvalue weighted by atomic mass is 9.75. The molecule has 2 aromatic carbocycles. The Labute approximate surface area is 295 Å². The summed E-state index contributed by atoms with van der Waals surface area (Å²) in [5.74, 6) is 0.721. The summed E-state index contributed by atoms with van der Waals surface area (Å²) in [7, 11) is 3.61. The maximum atomic E-state index is 14.1. The zero-order chi connectivity index (χ0) is 36.8. The SMILES string of the molecule is CC1Oc2ccc(C(C3CCCC(C[N+](C)(C(=O)OC(C)(C)C)c4ccc5c(c4)NC(=O)C(C)O5)C3)N(C)C(=O)OC(C)(C)C)cc2NC1=O. The summed E-state index contributed by atoms with van der Waals surface area (Å²) in [5, 5.41) is 5.85. The molecule has 272 valence electrons. The maximum Gasteiger partial charge on any atom is 0.521 e. The molecule has 2 N–H and O–H groups in total. The molecule has 2 heterocycles. The number of hydrogen-bond acceptors (Lipinski definition) is 8. The van der Waals surface area contributed by atoms with E-state index in [1.807, 2.05) is 72.9 Å². The van der Waals surface area contributed by atoms with E-state index in [0.29, 0.717) is 41.5 Å². The second kappa shape index (κ2) is 13.8. The molecular formula is C38H53N4O8+. The first-order chi connectivity index (χ1) is 23.2. The number of hydrogen-bond donors (Lipinski definition) is 2. The first-order valence-electron chi connectivity index (χ1n) is 17.5. The summed E-state index contributed by atoms with van der Waals surface area (Å²) in [6, 6.07) is 10.7. The molecule has 0 saturated heterocycles. The number of amides is 4. The lowest BCUT2D eigenvalue weighted by Crippen LogP contribution is -2.56. The van der Waals surface area contributed by atoms with E-state index in [-0.39, 0.29) is 34.2 Å². The molecule has 6 unspecified atom stereocenters. The summed E-state index contributed by atoms with van der Waals surface area (Å²) < 4.78 is 23.3. The lowest BCUT2D eigenvalue weighted by Gasteiger charge is -2.42. The number of benzene rings is 2. The number of ether oxygens (including phenoxy) is 4. The van der Waals surface area contributed by atoms with Gasteiger partial charge in [-0.25, -0.2) is 4.79 Å². The number of carbonyl (C=O) groups is 4. The van der Waals surface area contributed by atoms with Crippen molar-refractivity contribution in [3.05, 3.63) is 42.0 Å². The van der Waals surface area contributed by atoms with Crippen LogP contribution in [0.1, 0.15) is 92.7 Å². The molecule has 12 nitrogen and oxygen atoms in total.